The second-order valence-corrected chi connectivity index (χ2v) is 6.13. The number of hydrogen-bond acceptors (Lipinski definition) is 4. The highest BCUT2D eigenvalue weighted by Crippen LogP contribution is 2.42. The van der Waals surface area contributed by atoms with Gasteiger partial charge in [-0.25, -0.2) is 0 Å². The molecule has 21 heavy (non-hydrogen) atoms. The molecule has 0 fully saturated rings. The molecule has 116 valence electrons. The van der Waals surface area contributed by atoms with E-state index in [1.807, 2.05) is 32.0 Å². The smallest absolute Gasteiger partial charge is 0.317 e. The fraction of sp³-hybridized carbons (Fsp3) is 0.562. The van der Waals surface area contributed by atoms with Crippen LogP contribution in [-0.2, 0) is 11.2 Å². The lowest BCUT2D eigenvalue weighted by molar-refractivity contribution is -0.142. The maximum absolute atomic E-state index is 11.0. The Balaban J connectivity index is 2.40. The molecule has 1 aliphatic heterocycles. The Bertz CT molecular complexity index is 541. The van der Waals surface area contributed by atoms with Crippen LogP contribution in [0.3, 0.4) is 0 Å². The molecule has 2 unspecified atom stereocenters. The highest BCUT2D eigenvalue weighted by molar-refractivity contribution is 5.69. The van der Waals surface area contributed by atoms with Gasteiger partial charge in [0.2, 0.25) is 0 Å². The number of aliphatic hydroxyl groups is 1. The second-order valence-electron chi connectivity index (χ2n) is 6.13. The summed E-state index contributed by atoms with van der Waals surface area (Å²) in [4.78, 5) is 12.6. The summed E-state index contributed by atoms with van der Waals surface area (Å²) in [7, 11) is 1.70. The third-order valence-corrected chi connectivity index (χ3v) is 4.04. The van der Waals surface area contributed by atoms with E-state index in [1.165, 1.54) is 0 Å². The van der Waals surface area contributed by atoms with Gasteiger partial charge in [-0.3, -0.25) is 9.69 Å². The molecule has 1 heterocycles. The lowest BCUT2D eigenvalue weighted by atomic mass is 9.84. The fourth-order valence-electron chi connectivity index (χ4n) is 3.12. The molecule has 0 saturated heterocycles. The maximum atomic E-state index is 11.0. The van der Waals surface area contributed by atoms with Crippen molar-refractivity contribution in [2.24, 2.45) is 0 Å². The van der Waals surface area contributed by atoms with Crippen molar-refractivity contribution in [3.63, 3.8) is 0 Å². The Morgan fingerprint density at radius 1 is 1.43 bits per heavy atom. The minimum absolute atomic E-state index is 0.142. The van der Waals surface area contributed by atoms with Gasteiger partial charge < -0.3 is 14.9 Å². The lowest BCUT2D eigenvalue weighted by Crippen LogP contribution is -2.57. The Labute approximate surface area is 125 Å². The van der Waals surface area contributed by atoms with Gasteiger partial charge in [0.15, 0.2) is 0 Å². The minimum Gasteiger partial charge on any atom is -0.486 e. The average molecular weight is 293 g/mol. The number of hydrogen-bond donors (Lipinski definition) is 2. The van der Waals surface area contributed by atoms with E-state index < -0.39 is 23.7 Å². The van der Waals surface area contributed by atoms with E-state index in [9.17, 15) is 9.90 Å². The number of likely N-dealkylation sites (N-methyl/N-ethyl adjacent to an activating group) is 1. The summed E-state index contributed by atoms with van der Waals surface area (Å²) >= 11 is 0. The predicted octanol–water partition coefficient (Wildman–Crippen LogP) is 1.84. The zero-order valence-electron chi connectivity index (χ0n) is 13.0. The van der Waals surface area contributed by atoms with Crippen LogP contribution in [-0.4, -0.2) is 46.3 Å². The molecule has 0 amide bonds. The van der Waals surface area contributed by atoms with Crippen molar-refractivity contribution in [1.82, 2.24) is 4.90 Å². The number of carbonyl (C=O) groups is 1. The molecular formula is C16H23NO4. The first kappa shape index (κ1) is 15.8. The fourth-order valence-corrected chi connectivity index (χ4v) is 3.12. The van der Waals surface area contributed by atoms with Gasteiger partial charge in [0.1, 0.15) is 17.5 Å². The number of rotatable bonds is 4. The molecule has 0 aliphatic carbocycles. The summed E-state index contributed by atoms with van der Waals surface area (Å²) in [6.07, 6.45) is 0.0959. The number of carboxylic acids is 1. The van der Waals surface area contributed by atoms with Gasteiger partial charge in [0, 0.05) is 5.56 Å². The molecule has 0 aromatic heterocycles. The van der Waals surface area contributed by atoms with Crippen molar-refractivity contribution in [1.29, 1.82) is 0 Å². The highest BCUT2D eigenvalue weighted by atomic mass is 16.5. The summed E-state index contributed by atoms with van der Waals surface area (Å²) in [5, 5.41) is 19.7. The molecule has 0 bridgehead atoms. The van der Waals surface area contributed by atoms with Crippen molar-refractivity contribution in [2.75, 3.05) is 13.6 Å². The van der Waals surface area contributed by atoms with Gasteiger partial charge in [0.25, 0.3) is 0 Å². The standard InChI is InChI=1S/C16H23NO4/c1-5-10-6-7-12-11(8-10)14(20)15(16(2,3)21-12)17(4)9-13(18)19/h6-8,14-15,20H,5,9H2,1-4H3,(H,18,19). The van der Waals surface area contributed by atoms with Crippen molar-refractivity contribution < 1.29 is 19.7 Å². The van der Waals surface area contributed by atoms with Crippen LogP contribution in [0.25, 0.3) is 0 Å². The van der Waals surface area contributed by atoms with E-state index in [4.69, 9.17) is 9.84 Å². The van der Waals surface area contributed by atoms with Crippen LogP contribution >= 0.6 is 0 Å². The summed E-state index contributed by atoms with van der Waals surface area (Å²) in [5.41, 5.74) is 1.18. The van der Waals surface area contributed by atoms with Crippen LogP contribution < -0.4 is 4.74 Å². The Morgan fingerprint density at radius 3 is 2.67 bits per heavy atom. The normalized spacial score (nSPS) is 23.5. The zero-order chi connectivity index (χ0) is 15.8. The van der Waals surface area contributed by atoms with Crippen LogP contribution in [0, 0.1) is 0 Å². The molecule has 5 heteroatoms. The van der Waals surface area contributed by atoms with Gasteiger partial charge >= 0.3 is 5.97 Å². The number of carboxylic acid groups (broad SMARTS) is 1. The summed E-state index contributed by atoms with van der Waals surface area (Å²) in [5.74, 6) is -0.252. The van der Waals surface area contributed by atoms with Gasteiger partial charge in [0.05, 0.1) is 12.6 Å². The van der Waals surface area contributed by atoms with Crippen LogP contribution in [0.2, 0.25) is 0 Å². The van der Waals surface area contributed by atoms with E-state index in [0.29, 0.717) is 5.75 Å². The summed E-state index contributed by atoms with van der Waals surface area (Å²) in [6, 6.07) is 5.39. The summed E-state index contributed by atoms with van der Waals surface area (Å²) in [6.45, 7) is 5.65. The van der Waals surface area contributed by atoms with E-state index in [-0.39, 0.29) is 6.54 Å². The number of aliphatic hydroxyl groups excluding tert-OH is 1. The largest absolute Gasteiger partial charge is 0.486 e. The van der Waals surface area contributed by atoms with Crippen LogP contribution in [0.5, 0.6) is 5.75 Å². The van der Waals surface area contributed by atoms with E-state index in [1.54, 1.807) is 11.9 Å². The van der Waals surface area contributed by atoms with E-state index in [2.05, 4.69) is 6.92 Å². The first-order valence-electron chi connectivity index (χ1n) is 7.18. The zero-order valence-corrected chi connectivity index (χ0v) is 13.0. The number of benzene rings is 1. The number of ether oxygens (including phenoxy) is 1. The van der Waals surface area contributed by atoms with Crippen molar-refractivity contribution in [2.45, 2.75) is 44.9 Å². The molecule has 1 aromatic rings. The molecule has 0 radical (unpaired) electrons. The molecule has 0 spiro atoms. The Hall–Kier alpha value is -1.59. The van der Waals surface area contributed by atoms with Gasteiger partial charge in [-0.2, -0.15) is 0 Å². The van der Waals surface area contributed by atoms with Gasteiger partial charge in [-0.1, -0.05) is 13.0 Å². The average Bonchev–Trinajstić information content (AvgIpc) is 2.36. The van der Waals surface area contributed by atoms with Gasteiger partial charge in [-0.15, -0.1) is 0 Å². The number of aliphatic carboxylic acids is 1. The molecule has 1 aliphatic rings. The summed E-state index contributed by atoms with van der Waals surface area (Å²) < 4.78 is 6.01. The van der Waals surface area contributed by atoms with Crippen molar-refractivity contribution >= 4 is 5.97 Å². The van der Waals surface area contributed by atoms with Crippen molar-refractivity contribution in [3.8, 4) is 5.75 Å². The monoisotopic (exact) mass is 293 g/mol. The number of fused-ring (bicyclic) bond motifs is 1. The maximum Gasteiger partial charge on any atom is 0.317 e. The van der Waals surface area contributed by atoms with Crippen LogP contribution in [0.15, 0.2) is 18.2 Å². The lowest BCUT2D eigenvalue weighted by Gasteiger charge is -2.46. The minimum atomic E-state index is -0.923. The first-order chi connectivity index (χ1) is 9.76. The van der Waals surface area contributed by atoms with Crippen molar-refractivity contribution in [3.05, 3.63) is 29.3 Å². The molecule has 2 atom stereocenters. The topological polar surface area (TPSA) is 70.0 Å². The molecule has 5 nitrogen and oxygen atoms in total. The molecule has 2 N–H and O–H groups in total. The molecular weight excluding hydrogens is 270 g/mol. The second kappa shape index (κ2) is 5.66. The molecule has 1 aromatic carbocycles. The predicted molar refractivity (Wildman–Crippen MR) is 79.5 cm³/mol. The van der Waals surface area contributed by atoms with Crippen LogP contribution in [0.1, 0.15) is 38.0 Å². The van der Waals surface area contributed by atoms with E-state index in [0.717, 1.165) is 17.5 Å². The number of aryl methyl sites for hydroxylation is 1. The SMILES string of the molecule is CCc1ccc2c(c1)C(O)C(N(C)CC(=O)O)C(C)(C)O2. The Kier molecular flexibility index (Phi) is 4.25. The Morgan fingerprint density at radius 2 is 2.10 bits per heavy atom. The molecule has 0 saturated carbocycles. The number of nitrogens with zero attached hydrogens (tertiary/aromatic N) is 1. The molecule has 2 rings (SSSR count). The van der Waals surface area contributed by atoms with Gasteiger partial charge in [-0.05, 0) is 45.0 Å². The quantitative estimate of drug-likeness (QED) is 0.886. The highest BCUT2D eigenvalue weighted by Gasteiger charge is 2.45. The first-order valence-corrected chi connectivity index (χ1v) is 7.18. The third kappa shape index (κ3) is 3.04. The van der Waals surface area contributed by atoms with Crippen LogP contribution in [0.4, 0.5) is 0 Å². The van der Waals surface area contributed by atoms with E-state index >= 15 is 0 Å². The third-order valence-electron chi connectivity index (χ3n) is 4.04.